The molecule has 2 amide bonds. The highest BCUT2D eigenvalue weighted by atomic mass is 19.1. The number of nitrogens with zero attached hydrogens (tertiary/aromatic N) is 2. The molecule has 156 valence electrons. The third-order valence-corrected chi connectivity index (χ3v) is 5.61. The molecule has 0 radical (unpaired) electrons. The number of carbonyl (C=O) groups is 3. The second-order valence-corrected chi connectivity index (χ2v) is 7.75. The highest BCUT2D eigenvalue weighted by Gasteiger charge is 2.46. The van der Waals surface area contributed by atoms with Gasteiger partial charge in [-0.2, -0.15) is 0 Å². The van der Waals surface area contributed by atoms with E-state index in [-0.39, 0.29) is 30.7 Å². The van der Waals surface area contributed by atoms with Gasteiger partial charge in [0.05, 0.1) is 12.0 Å². The zero-order valence-corrected chi connectivity index (χ0v) is 16.7. The highest BCUT2D eigenvalue weighted by Crippen LogP contribution is 2.34. The van der Waals surface area contributed by atoms with E-state index in [9.17, 15) is 18.8 Å². The summed E-state index contributed by atoms with van der Waals surface area (Å²) in [7, 11) is 0. The number of likely N-dealkylation sites (tertiary alicyclic amines) is 2. The van der Waals surface area contributed by atoms with Crippen LogP contribution in [0.3, 0.4) is 0 Å². The van der Waals surface area contributed by atoms with E-state index >= 15 is 0 Å². The van der Waals surface area contributed by atoms with Crippen LogP contribution in [0.15, 0.2) is 30.3 Å². The number of amides is 2. The van der Waals surface area contributed by atoms with E-state index in [2.05, 4.69) is 0 Å². The Hall–Kier alpha value is -2.70. The number of ether oxygens (including phenoxy) is 1. The maximum atomic E-state index is 13.4. The van der Waals surface area contributed by atoms with Crippen LogP contribution in [0.5, 0.6) is 0 Å². The second-order valence-electron chi connectivity index (χ2n) is 7.75. The Morgan fingerprint density at radius 3 is 2.62 bits per heavy atom. The van der Waals surface area contributed by atoms with Crippen LogP contribution in [-0.4, -0.2) is 59.4 Å². The van der Waals surface area contributed by atoms with E-state index in [1.54, 1.807) is 23.1 Å². The van der Waals surface area contributed by atoms with Crippen molar-refractivity contribution in [1.82, 2.24) is 9.80 Å². The molecule has 1 atom stereocenters. The predicted octanol–water partition coefficient (Wildman–Crippen LogP) is 2.78. The van der Waals surface area contributed by atoms with Crippen LogP contribution in [0.4, 0.5) is 4.39 Å². The Balaban J connectivity index is 1.78. The van der Waals surface area contributed by atoms with Gasteiger partial charge in [-0.25, -0.2) is 4.39 Å². The van der Waals surface area contributed by atoms with E-state index < -0.39 is 11.5 Å². The van der Waals surface area contributed by atoms with Crippen molar-refractivity contribution in [2.45, 2.75) is 44.6 Å². The van der Waals surface area contributed by atoms with Crippen molar-refractivity contribution in [3.63, 3.8) is 0 Å². The maximum absolute atomic E-state index is 13.4. The number of halogens is 1. The van der Waals surface area contributed by atoms with Gasteiger partial charge in [0.25, 0.3) is 0 Å². The molecule has 2 aliphatic rings. The van der Waals surface area contributed by atoms with Crippen molar-refractivity contribution in [1.29, 1.82) is 0 Å². The van der Waals surface area contributed by atoms with E-state index in [4.69, 9.17) is 4.74 Å². The van der Waals surface area contributed by atoms with Crippen LogP contribution >= 0.6 is 0 Å². The molecule has 2 aliphatic heterocycles. The molecule has 0 N–H and O–H groups in total. The van der Waals surface area contributed by atoms with Gasteiger partial charge in [0, 0.05) is 32.6 Å². The summed E-state index contributed by atoms with van der Waals surface area (Å²) < 4.78 is 18.6. The minimum absolute atomic E-state index is 0.00145. The fraction of sp³-hybridized carbons (Fsp3) is 0.500. The Morgan fingerprint density at radius 2 is 1.93 bits per heavy atom. The van der Waals surface area contributed by atoms with Crippen LogP contribution in [0.25, 0.3) is 6.08 Å². The molecular weight excluding hydrogens is 375 g/mol. The lowest BCUT2D eigenvalue weighted by Crippen LogP contribution is -2.53. The fourth-order valence-corrected chi connectivity index (χ4v) is 4.13. The van der Waals surface area contributed by atoms with E-state index in [1.807, 2.05) is 4.90 Å². The van der Waals surface area contributed by atoms with Crippen molar-refractivity contribution in [2.75, 3.05) is 26.2 Å². The number of carbonyl (C=O) groups excluding carboxylic acids is 3. The van der Waals surface area contributed by atoms with Gasteiger partial charge in [-0.05, 0) is 49.5 Å². The number of benzene rings is 1. The Bertz CT molecular complexity index is 804. The fourth-order valence-electron chi connectivity index (χ4n) is 4.13. The van der Waals surface area contributed by atoms with Gasteiger partial charge in [0.15, 0.2) is 0 Å². The number of hydrogen-bond donors (Lipinski definition) is 0. The zero-order valence-electron chi connectivity index (χ0n) is 16.7. The first kappa shape index (κ1) is 21.0. The first-order valence-corrected chi connectivity index (χ1v) is 10.1. The highest BCUT2D eigenvalue weighted by molar-refractivity contribution is 5.93. The Labute approximate surface area is 170 Å². The predicted molar refractivity (Wildman–Crippen MR) is 106 cm³/mol. The van der Waals surface area contributed by atoms with Crippen molar-refractivity contribution in [2.24, 2.45) is 0 Å². The van der Waals surface area contributed by atoms with Crippen molar-refractivity contribution < 1.29 is 23.5 Å². The third kappa shape index (κ3) is 5.22. The van der Waals surface area contributed by atoms with Gasteiger partial charge < -0.3 is 14.5 Å². The van der Waals surface area contributed by atoms with Gasteiger partial charge in [-0.1, -0.05) is 12.1 Å². The molecule has 0 spiro atoms. The maximum Gasteiger partial charge on any atom is 0.302 e. The summed E-state index contributed by atoms with van der Waals surface area (Å²) in [5.41, 5.74) is -0.259. The molecule has 0 aliphatic carbocycles. The topological polar surface area (TPSA) is 66.9 Å². The Kier molecular flexibility index (Phi) is 6.67. The molecule has 1 aromatic rings. The van der Waals surface area contributed by atoms with E-state index in [0.717, 1.165) is 32.4 Å². The van der Waals surface area contributed by atoms with Crippen molar-refractivity contribution in [3.8, 4) is 0 Å². The minimum Gasteiger partial charge on any atom is -0.463 e. The lowest BCUT2D eigenvalue weighted by Gasteiger charge is -2.38. The largest absolute Gasteiger partial charge is 0.463 e. The zero-order chi connectivity index (χ0) is 20.9. The van der Waals surface area contributed by atoms with E-state index in [1.165, 1.54) is 25.1 Å². The molecule has 0 bridgehead atoms. The summed E-state index contributed by atoms with van der Waals surface area (Å²) in [6.07, 6.45) is 6.39. The smallest absolute Gasteiger partial charge is 0.302 e. The SMILES string of the molecule is CC(=O)OCC1(CC(=O)N2CCCC2)CCCN1C(=O)/C=C/c1cccc(F)c1. The number of hydrogen-bond acceptors (Lipinski definition) is 4. The van der Waals surface area contributed by atoms with Crippen molar-refractivity contribution >= 4 is 23.9 Å². The number of rotatable bonds is 6. The molecule has 7 heteroatoms. The first-order chi connectivity index (χ1) is 13.9. The standard InChI is InChI=1S/C22H27FN2O4/c1-17(26)29-16-22(15-21(28)24-11-2-3-12-24)10-5-13-25(22)20(27)9-8-18-6-4-7-19(23)14-18/h4,6-9,14H,2-3,5,10-13,15-16H2,1H3/b9-8+. The molecule has 2 saturated heterocycles. The lowest BCUT2D eigenvalue weighted by atomic mass is 9.91. The van der Waals surface area contributed by atoms with E-state index in [0.29, 0.717) is 18.5 Å². The summed E-state index contributed by atoms with van der Waals surface area (Å²) in [5, 5.41) is 0. The average molecular weight is 402 g/mol. The minimum atomic E-state index is -0.839. The normalized spacial score (nSPS) is 21.7. The van der Waals surface area contributed by atoms with Crippen LogP contribution in [0.2, 0.25) is 0 Å². The van der Waals surface area contributed by atoms with Crippen molar-refractivity contribution in [3.05, 3.63) is 41.7 Å². The molecule has 0 saturated carbocycles. The molecule has 2 heterocycles. The lowest BCUT2D eigenvalue weighted by molar-refractivity contribution is -0.151. The average Bonchev–Trinajstić information content (AvgIpc) is 3.35. The van der Waals surface area contributed by atoms with Crippen LogP contribution in [0.1, 0.15) is 44.6 Å². The molecular formula is C22H27FN2O4. The summed E-state index contributed by atoms with van der Waals surface area (Å²) in [4.78, 5) is 40.7. The second kappa shape index (κ2) is 9.20. The van der Waals surface area contributed by atoms with Gasteiger partial charge in [0.2, 0.25) is 11.8 Å². The Morgan fingerprint density at radius 1 is 1.17 bits per heavy atom. The summed E-state index contributed by atoms with van der Waals surface area (Å²) in [5.74, 6) is -1.09. The molecule has 1 unspecified atom stereocenters. The molecule has 1 aromatic carbocycles. The van der Waals surface area contributed by atoms with Gasteiger partial charge in [0.1, 0.15) is 12.4 Å². The van der Waals surface area contributed by atoms with Gasteiger partial charge >= 0.3 is 5.97 Å². The van der Waals surface area contributed by atoms with Crippen LogP contribution in [-0.2, 0) is 19.1 Å². The summed E-state index contributed by atoms with van der Waals surface area (Å²) in [6, 6.07) is 5.97. The molecule has 29 heavy (non-hydrogen) atoms. The van der Waals surface area contributed by atoms with Crippen LogP contribution in [0, 0.1) is 5.82 Å². The molecule has 0 aromatic heterocycles. The number of esters is 1. The molecule has 3 rings (SSSR count). The van der Waals surface area contributed by atoms with Crippen LogP contribution < -0.4 is 0 Å². The first-order valence-electron chi connectivity index (χ1n) is 10.1. The molecule has 6 nitrogen and oxygen atoms in total. The summed E-state index contributed by atoms with van der Waals surface area (Å²) >= 11 is 0. The monoisotopic (exact) mass is 402 g/mol. The molecule has 2 fully saturated rings. The third-order valence-electron chi connectivity index (χ3n) is 5.61. The van der Waals surface area contributed by atoms with Gasteiger partial charge in [-0.3, -0.25) is 14.4 Å². The summed E-state index contributed by atoms with van der Waals surface area (Å²) in [6.45, 7) is 3.27. The quantitative estimate of drug-likeness (QED) is 0.542. The van der Waals surface area contributed by atoms with Gasteiger partial charge in [-0.15, -0.1) is 0 Å².